The molecule has 0 atom stereocenters. The Labute approximate surface area is 179 Å². The number of nitrogens with zero attached hydrogens (tertiary/aromatic N) is 1. The van der Waals surface area contributed by atoms with Crippen LogP contribution in [0.1, 0.15) is 18.9 Å². The Balaban J connectivity index is 1.94. The molecule has 0 aromatic heterocycles. The van der Waals surface area contributed by atoms with E-state index in [0.29, 0.717) is 59.1 Å². The fourth-order valence-corrected chi connectivity index (χ4v) is 2.71. The molecule has 2 aromatic rings. The second-order valence-corrected chi connectivity index (χ2v) is 6.42. The second-order valence-electron chi connectivity index (χ2n) is 5.61. The molecule has 0 fully saturated rings. The Morgan fingerprint density at radius 2 is 1.83 bits per heavy atom. The van der Waals surface area contributed by atoms with Crippen LogP contribution >= 0.6 is 23.2 Å². The lowest BCUT2D eigenvalue weighted by molar-refractivity contribution is 0.171. The first-order valence-corrected chi connectivity index (χ1v) is 9.64. The number of hydrazone groups is 1. The molecular formula is C20H22Cl2N2O5. The van der Waals surface area contributed by atoms with Crippen LogP contribution in [-0.2, 0) is 4.74 Å². The molecule has 1 N–H and O–H groups in total. The van der Waals surface area contributed by atoms with Crippen molar-refractivity contribution in [3.05, 3.63) is 52.0 Å². The number of amides is 1. The van der Waals surface area contributed by atoms with Gasteiger partial charge in [0.15, 0.2) is 11.5 Å². The number of methoxy groups -OCH3 is 1. The van der Waals surface area contributed by atoms with Crippen LogP contribution in [0, 0.1) is 0 Å². The van der Waals surface area contributed by atoms with E-state index in [1.807, 2.05) is 25.1 Å². The maximum absolute atomic E-state index is 11.0. The Morgan fingerprint density at radius 1 is 1.07 bits per heavy atom. The summed E-state index contributed by atoms with van der Waals surface area (Å²) in [7, 11) is 1.25. The van der Waals surface area contributed by atoms with Gasteiger partial charge in [0.25, 0.3) is 0 Å². The van der Waals surface area contributed by atoms with Crippen molar-refractivity contribution in [1.82, 2.24) is 5.43 Å². The zero-order valence-corrected chi connectivity index (χ0v) is 17.6. The molecule has 0 unspecified atom stereocenters. The lowest BCUT2D eigenvalue weighted by atomic mass is 10.2. The Hall–Kier alpha value is -2.64. The first-order valence-electron chi connectivity index (χ1n) is 8.88. The summed E-state index contributed by atoms with van der Waals surface area (Å²) in [5.41, 5.74) is 2.83. The van der Waals surface area contributed by atoms with Crippen LogP contribution in [0.25, 0.3) is 0 Å². The van der Waals surface area contributed by atoms with Crippen molar-refractivity contribution in [2.24, 2.45) is 5.10 Å². The summed E-state index contributed by atoms with van der Waals surface area (Å²) >= 11 is 12.4. The SMILES string of the molecule is CCOc1cc(C=NNC(=O)OC)cc(Cl)c1OCCCOc1ccccc1Cl. The fourth-order valence-electron chi connectivity index (χ4n) is 2.25. The molecule has 0 bridgehead atoms. The first-order chi connectivity index (χ1) is 14.0. The highest BCUT2D eigenvalue weighted by Gasteiger charge is 2.12. The van der Waals surface area contributed by atoms with E-state index >= 15 is 0 Å². The van der Waals surface area contributed by atoms with Gasteiger partial charge in [0.2, 0.25) is 0 Å². The second kappa shape index (κ2) is 12.0. The van der Waals surface area contributed by atoms with Crippen molar-refractivity contribution in [2.45, 2.75) is 13.3 Å². The van der Waals surface area contributed by atoms with E-state index in [-0.39, 0.29) is 0 Å². The molecule has 2 rings (SSSR count). The van der Waals surface area contributed by atoms with Crippen LogP contribution in [-0.4, -0.2) is 39.2 Å². The topological polar surface area (TPSA) is 78.4 Å². The molecule has 0 spiro atoms. The number of benzene rings is 2. The predicted octanol–water partition coefficient (Wildman–Crippen LogP) is 4.93. The minimum Gasteiger partial charge on any atom is -0.492 e. The van der Waals surface area contributed by atoms with Gasteiger partial charge in [-0.1, -0.05) is 35.3 Å². The van der Waals surface area contributed by atoms with Crippen molar-refractivity contribution in [2.75, 3.05) is 26.9 Å². The predicted molar refractivity (Wildman–Crippen MR) is 113 cm³/mol. The monoisotopic (exact) mass is 440 g/mol. The molecule has 0 saturated carbocycles. The molecule has 0 radical (unpaired) electrons. The summed E-state index contributed by atoms with van der Waals surface area (Å²) in [6, 6.07) is 10.7. The van der Waals surface area contributed by atoms with Crippen molar-refractivity contribution in [3.8, 4) is 17.2 Å². The van der Waals surface area contributed by atoms with Crippen molar-refractivity contribution < 1.29 is 23.7 Å². The van der Waals surface area contributed by atoms with E-state index in [1.165, 1.54) is 13.3 Å². The largest absolute Gasteiger partial charge is 0.492 e. The molecule has 2 aromatic carbocycles. The van der Waals surface area contributed by atoms with Crippen LogP contribution in [0.2, 0.25) is 10.0 Å². The number of ether oxygens (including phenoxy) is 4. The van der Waals surface area contributed by atoms with Crippen LogP contribution in [0.4, 0.5) is 4.79 Å². The fraction of sp³-hybridized carbons (Fsp3) is 0.300. The highest BCUT2D eigenvalue weighted by atomic mass is 35.5. The summed E-state index contributed by atoms with van der Waals surface area (Å²) in [5, 5.41) is 4.70. The van der Waals surface area contributed by atoms with Gasteiger partial charge in [0.1, 0.15) is 5.75 Å². The number of hydrogen-bond acceptors (Lipinski definition) is 6. The van der Waals surface area contributed by atoms with Crippen LogP contribution in [0.15, 0.2) is 41.5 Å². The van der Waals surface area contributed by atoms with E-state index in [4.69, 9.17) is 37.4 Å². The number of hydrogen-bond donors (Lipinski definition) is 1. The van der Waals surface area contributed by atoms with Crippen LogP contribution < -0.4 is 19.6 Å². The van der Waals surface area contributed by atoms with Gasteiger partial charge < -0.3 is 18.9 Å². The highest BCUT2D eigenvalue weighted by Crippen LogP contribution is 2.36. The van der Waals surface area contributed by atoms with Crippen LogP contribution in [0.3, 0.4) is 0 Å². The Kier molecular flexibility index (Phi) is 9.40. The maximum Gasteiger partial charge on any atom is 0.427 e. The average molecular weight is 441 g/mol. The number of carbonyl (C=O) groups is 1. The van der Waals surface area contributed by atoms with Gasteiger partial charge in [-0.15, -0.1) is 0 Å². The van der Waals surface area contributed by atoms with Gasteiger partial charge in [-0.3, -0.25) is 0 Å². The molecule has 0 saturated heterocycles. The number of nitrogens with one attached hydrogen (secondary N) is 1. The van der Waals surface area contributed by atoms with Crippen LogP contribution in [0.5, 0.6) is 17.2 Å². The van der Waals surface area contributed by atoms with Gasteiger partial charge in [-0.05, 0) is 36.8 Å². The third kappa shape index (κ3) is 7.36. The summed E-state index contributed by atoms with van der Waals surface area (Å²) in [5.74, 6) is 1.54. The molecule has 9 heteroatoms. The zero-order chi connectivity index (χ0) is 21.1. The zero-order valence-electron chi connectivity index (χ0n) is 16.1. The summed E-state index contributed by atoms with van der Waals surface area (Å²) in [4.78, 5) is 11.0. The van der Waals surface area contributed by atoms with Crippen molar-refractivity contribution in [1.29, 1.82) is 0 Å². The van der Waals surface area contributed by atoms with E-state index in [9.17, 15) is 4.79 Å². The quantitative estimate of drug-likeness (QED) is 0.321. The number of para-hydroxylation sites is 1. The third-order valence-electron chi connectivity index (χ3n) is 3.52. The number of rotatable bonds is 10. The summed E-state index contributed by atoms with van der Waals surface area (Å²) in [6.45, 7) is 3.11. The lowest BCUT2D eigenvalue weighted by Gasteiger charge is -2.14. The summed E-state index contributed by atoms with van der Waals surface area (Å²) in [6.07, 6.45) is 1.38. The van der Waals surface area contributed by atoms with Gasteiger partial charge in [0, 0.05) is 6.42 Å². The number of halogens is 2. The lowest BCUT2D eigenvalue weighted by Crippen LogP contribution is -2.16. The van der Waals surface area contributed by atoms with E-state index in [1.54, 1.807) is 18.2 Å². The van der Waals surface area contributed by atoms with Gasteiger partial charge in [0.05, 0.1) is 43.2 Å². The van der Waals surface area contributed by atoms with Gasteiger partial charge in [-0.2, -0.15) is 5.10 Å². The minimum absolute atomic E-state index is 0.363. The minimum atomic E-state index is -0.670. The molecule has 29 heavy (non-hydrogen) atoms. The van der Waals surface area contributed by atoms with Gasteiger partial charge >= 0.3 is 6.09 Å². The van der Waals surface area contributed by atoms with E-state index in [2.05, 4.69) is 15.3 Å². The van der Waals surface area contributed by atoms with Crippen molar-refractivity contribution >= 4 is 35.5 Å². The average Bonchev–Trinajstić information content (AvgIpc) is 2.70. The molecule has 0 heterocycles. The molecule has 0 aliphatic heterocycles. The van der Waals surface area contributed by atoms with E-state index < -0.39 is 6.09 Å². The standard InChI is InChI=1S/C20H22Cl2N2O5/c1-3-27-18-12-14(13-23-24-20(25)26-2)11-16(22)19(18)29-10-6-9-28-17-8-5-4-7-15(17)21/h4-5,7-8,11-13H,3,6,9-10H2,1-2H3,(H,24,25). The molecule has 156 valence electrons. The highest BCUT2D eigenvalue weighted by molar-refractivity contribution is 6.32. The smallest absolute Gasteiger partial charge is 0.427 e. The molecule has 0 aliphatic carbocycles. The molecule has 0 aliphatic rings. The first kappa shape index (κ1) is 22.6. The summed E-state index contributed by atoms with van der Waals surface area (Å²) < 4.78 is 21.5. The van der Waals surface area contributed by atoms with Crippen molar-refractivity contribution in [3.63, 3.8) is 0 Å². The maximum atomic E-state index is 11.0. The normalized spacial score (nSPS) is 10.6. The van der Waals surface area contributed by atoms with Gasteiger partial charge in [-0.25, -0.2) is 10.2 Å². The Morgan fingerprint density at radius 3 is 2.55 bits per heavy atom. The Bertz CT molecular complexity index is 846. The molecule has 7 nitrogen and oxygen atoms in total. The molecular weight excluding hydrogens is 419 g/mol. The number of carbonyl (C=O) groups excluding carboxylic acids is 1. The third-order valence-corrected chi connectivity index (χ3v) is 4.11. The molecule has 1 amide bonds. The van der Waals surface area contributed by atoms with E-state index in [0.717, 1.165) is 0 Å².